The third-order valence-corrected chi connectivity index (χ3v) is 6.29. The number of fused-ring (bicyclic) bond motifs is 1. The van der Waals surface area contributed by atoms with Crippen molar-refractivity contribution in [3.63, 3.8) is 0 Å². The van der Waals surface area contributed by atoms with E-state index >= 15 is 0 Å². The SMILES string of the molecule is CCCN(CCC)c1nc(C)nc2c1SC(=C(C#N)C#N)N2c1c(C)cc(C)cc1C. The maximum atomic E-state index is 9.70. The van der Waals surface area contributed by atoms with E-state index in [2.05, 4.69) is 63.8 Å². The van der Waals surface area contributed by atoms with Crippen LogP contribution in [-0.2, 0) is 0 Å². The highest BCUT2D eigenvalue weighted by Crippen LogP contribution is 2.54. The lowest BCUT2D eigenvalue weighted by Crippen LogP contribution is -2.27. The maximum Gasteiger partial charge on any atom is 0.160 e. The molecule has 0 fully saturated rings. The van der Waals surface area contributed by atoms with E-state index in [1.807, 2.05) is 11.8 Å². The highest BCUT2D eigenvalue weighted by Gasteiger charge is 2.36. The normalized spacial score (nSPS) is 12.4. The van der Waals surface area contributed by atoms with Crippen LogP contribution in [-0.4, -0.2) is 23.1 Å². The number of thioether (sulfide) groups is 1. The Bertz CT molecular complexity index is 1080. The fraction of sp³-hybridized carbons (Fsp3) is 0.417. The Kier molecular flexibility index (Phi) is 6.87. The van der Waals surface area contributed by atoms with Crippen molar-refractivity contribution in [1.29, 1.82) is 10.5 Å². The summed E-state index contributed by atoms with van der Waals surface area (Å²) in [6.07, 6.45) is 2.01. The lowest BCUT2D eigenvalue weighted by Gasteiger charge is -2.26. The number of hydrogen-bond acceptors (Lipinski definition) is 7. The zero-order valence-corrected chi connectivity index (χ0v) is 19.9. The summed E-state index contributed by atoms with van der Waals surface area (Å²) in [4.78, 5) is 14.8. The number of aryl methyl sites for hydroxylation is 4. The number of nitriles is 2. The zero-order valence-electron chi connectivity index (χ0n) is 19.1. The predicted molar refractivity (Wildman–Crippen MR) is 126 cm³/mol. The first-order valence-electron chi connectivity index (χ1n) is 10.6. The van der Waals surface area contributed by atoms with Crippen molar-refractivity contribution < 1.29 is 0 Å². The minimum atomic E-state index is 0.0866. The summed E-state index contributed by atoms with van der Waals surface area (Å²) in [5, 5.41) is 20.0. The molecule has 0 atom stereocenters. The van der Waals surface area contributed by atoms with Crippen LogP contribution in [0.15, 0.2) is 27.6 Å². The molecule has 31 heavy (non-hydrogen) atoms. The molecule has 160 valence electrons. The molecular formula is C24H28N6S. The molecule has 1 aromatic carbocycles. The van der Waals surface area contributed by atoms with Crippen LogP contribution >= 0.6 is 11.8 Å². The van der Waals surface area contributed by atoms with Crippen LogP contribution in [0.5, 0.6) is 0 Å². The molecule has 0 radical (unpaired) electrons. The zero-order chi connectivity index (χ0) is 22.7. The minimum absolute atomic E-state index is 0.0866. The van der Waals surface area contributed by atoms with Gasteiger partial charge < -0.3 is 4.90 Å². The summed E-state index contributed by atoms with van der Waals surface area (Å²) in [6.45, 7) is 14.2. The lowest BCUT2D eigenvalue weighted by molar-refractivity contribution is 0.721. The van der Waals surface area contributed by atoms with Crippen LogP contribution in [0, 0.1) is 50.4 Å². The minimum Gasteiger partial charge on any atom is -0.356 e. The molecule has 0 spiro atoms. The Morgan fingerprint density at radius 3 is 2.10 bits per heavy atom. The van der Waals surface area contributed by atoms with Crippen LogP contribution < -0.4 is 9.80 Å². The second kappa shape index (κ2) is 9.41. The van der Waals surface area contributed by atoms with Gasteiger partial charge in [0.25, 0.3) is 0 Å². The average molecular weight is 433 g/mol. The van der Waals surface area contributed by atoms with Crippen LogP contribution in [0.2, 0.25) is 0 Å². The molecule has 0 saturated heterocycles. The van der Waals surface area contributed by atoms with E-state index in [0.29, 0.717) is 10.9 Å². The van der Waals surface area contributed by atoms with Crippen LogP contribution in [0.25, 0.3) is 0 Å². The molecule has 1 aromatic heterocycles. The standard InChI is InChI=1S/C24H28N6S/c1-7-9-29(10-8-2)22-21-23(28-18(6)27-22)30(24(31-21)19(13-25)14-26)20-16(4)11-15(3)12-17(20)5/h11-12H,7-10H2,1-6H3. The van der Waals surface area contributed by atoms with E-state index < -0.39 is 0 Å². The van der Waals surface area contributed by atoms with Crippen molar-refractivity contribution in [3.8, 4) is 12.1 Å². The summed E-state index contributed by atoms with van der Waals surface area (Å²) in [5.74, 6) is 2.31. The van der Waals surface area contributed by atoms with Gasteiger partial charge >= 0.3 is 0 Å². The van der Waals surface area contributed by atoms with Crippen LogP contribution in [0.4, 0.5) is 17.3 Å². The van der Waals surface area contributed by atoms with Crippen molar-refractivity contribution in [2.24, 2.45) is 0 Å². The molecular weight excluding hydrogens is 404 g/mol. The molecule has 1 aliphatic heterocycles. The highest BCUT2D eigenvalue weighted by atomic mass is 32.2. The summed E-state index contributed by atoms with van der Waals surface area (Å²) < 4.78 is 0. The summed E-state index contributed by atoms with van der Waals surface area (Å²) >= 11 is 1.43. The van der Waals surface area contributed by atoms with Gasteiger partial charge in [-0.25, -0.2) is 9.97 Å². The van der Waals surface area contributed by atoms with Gasteiger partial charge in [0.05, 0.1) is 10.6 Å². The third kappa shape index (κ3) is 4.24. The molecule has 1 aliphatic rings. The van der Waals surface area contributed by atoms with Gasteiger partial charge in [0.15, 0.2) is 11.4 Å². The van der Waals surface area contributed by atoms with E-state index in [1.165, 1.54) is 17.3 Å². The quantitative estimate of drug-likeness (QED) is 0.530. The van der Waals surface area contributed by atoms with E-state index in [1.54, 1.807) is 0 Å². The molecule has 0 bridgehead atoms. The molecule has 0 saturated carbocycles. The molecule has 3 rings (SSSR count). The summed E-state index contributed by atoms with van der Waals surface area (Å²) in [5.41, 5.74) is 4.39. The summed E-state index contributed by atoms with van der Waals surface area (Å²) in [7, 11) is 0. The van der Waals surface area contributed by atoms with Gasteiger partial charge in [0, 0.05) is 13.1 Å². The largest absolute Gasteiger partial charge is 0.356 e. The smallest absolute Gasteiger partial charge is 0.160 e. The second-order valence-corrected chi connectivity index (χ2v) is 8.82. The number of allylic oxidation sites excluding steroid dienone is 1. The fourth-order valence-electron chi connectivity index (χ4n) is 4.11. The predicted octanol–water partition coefficient (Wildman–Crippen LogP) is 5.84. The Morgan fingerprint density at radius 2 is 1.58 bits per heavy atom. The Hall–Kier alpha value is -3.03. The first kappa shape index (κ1) is 22.7. The van der Waals surface area contributed by atoms with E-state index in [9.17, 15) is 10.5 Å². The van der Waals surface area contributed by atoms with Crippen molar-refractivity contribution >= 4 is 29.1 Å². The molecule has 0 amide bonds. The molecule has 0 unspecified atom stereocenters. The van der Waals surface area contributed by atoms with Crippen molar-refractivity contribution in [2.75, 3.05) is 22.9 Å². The molecule has 2 heterocycles. The average Bonchev–Trinajstić information content (AvgIpc) is 3.06. The van der Waals surface area contributed by atoms with E-state index in [4.69, 9.17) is 9.97 Å². The molecule has 2 aromatic rings. The molecule has 6 nitrogen and oxygen atoms in total. The molecule has 7 heteroatoms. The Labute approximate surface area is 189 Å². The van der Waals surface area contributed by atoms with Gasteiger partial charge in [0.1, 0.15) is 28.8 Å². The third-order valence-electron chi connectivity index (χ3n) is 5.14. The number of anilines is 3. The van der Waals surface area contributed by atoms with Crippen molar-refractivity contribution in [1.82, 2.24) is 9.97 Å². The first-order valence-corrected chi connectivity index (χ1v) is 11.4. The van der Waals surface area contributed by atoms with Crippen LogP contribution in [0.1, 0.15) is 49.2 Å². The van der Waals surface area contributed by atoms with Gasteiger partial charge in [-0.05, 0) is 51.7 Å². The first-order chi connectivity index (χ1) is 14.9. The monoisotopic (exact) mass is 432 g/mol. The van der Waals surface area contributed by atoms with Gasteiger partial charge in [-0.1, -0.05) is 43.3 Å². The van der Waals surface area contributed by atoms with Crippen LogP contribution in [0.3, 0.4) is 0 Å². The number of nitrogens with zero attached hydrogens (tertiary/aromatic N) is 6. The fourth-order valence-corrected chi connectivity index (χ4v) is 5.26. The summed E-state index contributed by atoms with van der Waals surface area (Å²) in [6, 6.07) is 8.42. The number of rotatable bonds is 6. The van der Waals surface area contributed by atoms with Gasteiger partial charge in [-0.2, -0.15) is 10.5 Å². The molecule has 0 N–H and O–H groups in total. The van der Waals surface area contributed by atoms with Crippen molar-refractivity contribution in [2.45, 2.75) is 59.3 Å². The number of aromatic nitrogens is 2. The van der Waals surface area contributed by atoms with Gasteiger partial charge in [0.2, 0.25) is 0 Å². The Balaban J connectivity index is 2.34. The van der Waals surface area contributed by atoms with Gasteiger partial charge in [-0.15, -0.1) is 0 Å². The van der Waals surface area contributed by atoms with E-state index in [0.717, 1.165) is 59.3 Å². The lowest BCUT2D eigenvalue weighted by atomic mass is 10.0. The van der Waals surface area contributed by atoms with E-state index in [-0.39, 0.29) is 5.57 Å². The Morgan fingerprint density at radius 1 is 1.00 bits per heavy atom. The second-order valence-electron chi connectivity index (χ2n) is 7.82. The number of hydrogen-bond donors (Lipinski definition) is 0. The topological polar surface area (TPSA) is 79.8 Å². The van der Waals surface area contributed by atoms with Gasteiger partial charge in [-0.3, -0.25) is 4.90 Å². The maximum absolute atomic E-state index is 9.70. The number of benzene rings is 1. The molecule has 0 aliphatic carbocycles. The highest BCUT2D eigenvalue weighted by molar-refractivity contribution is 8.04. The van der Waals surface area contributed by atoms with Crippen molar-refractivity contribution in [3.05, 3.63) is 45.2 Å².